The average Bonchev–Trinajstić information content (AvgIpc) is 2.12. The molecule has 92 valence electrons. The minimum atomic E-state index is -4.28. The monoisotopic (exact) mass is 258 g/mol. The van der Waals surface area contributed by atoms with Crippen molar-refractivity contribution in [1.82, 2.24) is 0 Å². The molecule has 0 aliphatic rings. The van der Waals surface area contributed by atoms with Gasteiger partial charge in [0.1, 0.15) is 0 Å². The molecular weight excluding hydrogens is 245 g/mol. The lowest BCUT2D eigenvalue weighted by Gasteiger charge is -2.09. The fraction of sp³-hybridized carbons (Fsp3) is 0.385. The van der Waals surface area contributed by atoms with Gasteiger partial charge in [-0.3, -0.25) is 0 Å². The molecule has 0 radical (unpaired) electrons. The van der Waals surface area contributed by atoms with Crippen LogP contribution < -0.4 is 0 Å². The van der Waals surface area contributed by atoms with Crippen molar-refractivity contribution in [2.75, 3.05) is 0 Å². The summed E-state index contributed by atoms with van der Waals surface area (Å²) >= 11 is -0.125. The van der Waals surface area contributed by atoms with E-state index in [-0.39, 0.29) is 22.1 Å². The third kappa shape index (κ3) is 5.69. The minimum absolute atomic E-state index is 0.125. The van der Waals surface area contributed by atoms with Crippen molar-refractivity contribution in [2.45, 2.75) is 31.2 Å². The SMILES string of the molecule is CC(C)(C)C#Cc1ccccc1SC(F)(F)F. The Kier molecular flexibility index (Phi) is 4.16. The zero-order chi connectivity index (χ0) is 13.1. The quantitative estimate of drug-likeness (QED) is 0.520. The maximum atomic E-state index is 12.3. The third-order valence-electron chi connectivity index (χ3n) is 1.68. The van der Waals surface area contributed by atoms with Gasteiger partial charge < -0.3 is 0 Å². The number of hydrogen-bond acceptors (Lipinski definition) is 1. The lowest BCUT2D eigenvalue weighted by molar-refractivity contribution is -0.0328. The molecule has 0 unspecified atom stereocenters. The third-order valence-corrected chi connectivity index (χ3v) is 2.49. The molecule has 0 aliphatic carbocycles. The van der Waals surface area contributed by atoms with E-state index in [1.54, 1.807) is 18.2 Å². The van der Waals surface area contributed by atoms with E-state index in [1.807, 2.05) is 20.8 Å². The van der Waals surface area contributed by atoms with Crippen LogP contribution in [0.2, 0.25) is 0 Å². The summed E-state index contributed by atoms with van der Waals surface area (Å²) in [5.41, 5.74) is -4.08. The number of benzene rings is 1. The van der Waals surface area contributed by atoms with Crippen LogP contribution in [0.25, 0.3) is 0 Å². The molecule has 0 atom stereocenters. The van der Waals surface area contributed by atoms with Crippen LogP contribution in [0.5, 0.6) is 0 Å². The van der Waals surface area contributed by atoms with E-state index in [0.29, 0.717) is 5.56 Å². The molecule has 0 bridgehead atoms. The van der Waals surface area contributed by atoms with Crippen LogP contribution in [0, 0.1) is 17.3 Å². The first-order valence-electron chi connectivity index (χ1n) is 5.05. The molecule has 1 rings (SSSR count). The molecule has 0 N–H and O–H groups in total. The van der Waals surface area contributed by atoms with Gasteiger partial charge in [0.2, 0.25) is 0 Å². The van der Waals surface area contributed by atoms with Crippen molar-refractivity contribution in [3.8, 4) is 11.8 Å². The summed E-state index contributed by atoms with van der Waals surface area (Å²) in [5, 5.41) is 0. The van der Waals surface area contributed by atoms with E-state index in [9.17, 15) is 13.2 Å². The van der Waals surface area contributed by atoms with Gasteiger partial charge in [-0.25, -0.2) is 0 Å². The van der Waals surface area contributed by atoms with Crippen molar-refractivity contribution < 1.29 is 13.2 Å². The highest BCUT2D eigenvalue weighted by Gasteiger charge is 2.30. The summed E-state index contributed by atoms with van der Waals surface area (Å²) in [7, 11) is 0. The molecule has 0 saturated heterocycles. The Morgan fingerprint density at radius 1 is 1.06 bits per heavy atom. The van der Waals surface area contributed by atoms with Crippen molar-refractivity contribution in [2.24, 2.45) is 5.41 Å². The summed E-state index contributed by atoms with van der Waals surface area (Å²) in [4.78, 5) is 0.150. The maximum Gasteiger partial charge on any atom is 0.446 e. The van der Waals surface area contributed by atoms with Crippen LogP contribution in [0.4, 0.5) is 13.2 Å². The highest BCUT2D eigenvalue weighted by molar-refractivity contribution is 8.00. The number of rotatable bonds is 1. The van der Waals surface area contributed by atoms with E-state index < -0.39 is 5.51 Å². The van der Waals surface area contributed by atoms with Crippen LogP contribution in [-0.2, 0) is 0 Å². The molecule has 0 nitrogen and oxygen atoms in total. The molecule has 17 heavy (non-hydrogen) atoms. The molecule has 1 aromatic carbocycles. The molecule has 0 saturated carbocycles. The number of hydrogen-bond donors (Lipinski definition) is 0. The zero-order valence-corrected chi connectivity index (χ0v) is 10.7. The van der Waals surface area contributed by atoms with Crippen LogP contribution in [0.15, 0.2) is 29.2 Å². The first-order valence-corrected chi connectivity index (χ1v) is 5.87. The zero-order valence-electron chi connectivity index (χ0n) is 9.85. The van der Waals surface area contributed by atoms with Crippen LogP contribution >= 0.6 is 11.8 Å². The van der Waals surface area contributed by atoms with E-state index in [0.717, 1.165) is 0 Å². The Morgan fingerprint density at radius 2 is 1.65 bits per heavy atom. The Bertz CT molecular complexity index is 444. The Morgan fingerprint density at radius 3 is 2.18 bits per heavy atom. The van der Waals surface area contributed by atoms with Gasteiger partial charge in [0.25, 0.3) is 0 Å². The molecule has 4 heteroatoms. The standard InChI is InChI=1S/C13H13F3S/c1-12(2,3)9-8-10-6-4-5-7-11(10)17-13(14,15)16/h4-7H,1-3H3. The maximum absolute atomic E-state index is 12.3. The fourth-order valence-corrected chi connectivity index (χ4v) is 1.66. The minimum Gasteiger partial charge on any atom is -0.160 e. The second kappa shape index (κ2) is 5.05. The van der Waals surface area contributed by atoms with Gasteiger partial charge in [-0.15, -0.1) is 0 Å². The van der Waals surface area contributed by atoms with E-state index >= 15 is 0 Å². The van der Waals surface area contributed by atoms with Gasteiger partial charge in [0.15, 0.2) is 0 Å². The Balaban J connectivity index is 3.04. The first-order chi connectivity index (χ1) is 7.67. The average molecular weight is 258 g/mol. The van der Waals surface area contributed by atoms with Crippen LogP contribution in [0.1, 0.15) is 26.3 Å². The molecule has 0 heterocycles. The fourth-order valence-electron chi connectivity index (χ4n) is 1.04. The Hall–Kier alpha value is -1.08. The lowest BCUT2D eigenvalue weighted by Crippen LogP contribution is -2.01. The van der Waals surface area contributed by atoms with Crippen molar-refractivity contribution in [3.05, 3.63) is 29.8 Å². The number of thioether (sulfide) groups is 1. The smallest absolute Gasteiger partial charge is 0.160 e. The van der Waals surface area contributed by atoms with Crippen LogP contribution in [0.3, 0.4) is 0 Å². The first kappa shape index (κ1) is 14.0. The van der Waals surface area contributed by atoms with Gasteiger partial charge in [0, 0.05) is 15.9 Å². The van der Waals surface area contributed by atoms with E-state index in [4.69, 9.17) is 0 Å². The molecule has 0 aromatic heterocycles. The topological polar surface area (TPSA) is 0 Å². The van der Waals surface area contributed by atoms with Crippen LogP contribution in [-0.4, -0.2) is 5.51 Å². The molecule has 0 aliphatic heterocycles. The second-order valence-corrected chi connectivity index (χ2v) is 5.65. The van der Waals surface area contributed by atoms with E-state index in [1.165, 1.54) is 6.07 Å². The highest BCUT2D eigenvalue weighted by atomic mass is 32.2. The van der Waals surface area contributed by atoms with Gasteiger partial charge in [-0.1, -0.05) is 24.0 Å². The summed E-state index contributed by atoms with van der Waals surface area (Å²) in [6, 6.07) is 6.31. The predicted molar refractivity (Wildman–Crippen MR) is 64.7 cm³/mol. The summed E-state index contributed by atoms with van der Waals surface area (Å²) < 4.78 is 36.9. The molecular formula is C13H13F3S. The normalized spacial score (nSPS) is 11.9. The number of alkyl halides is 3. The molecule has 1 aromatic rings. The number of halogens is 3. The van der Waals surface area contributed by atoms with Crippen molar-refractivity contribution in [1.29, 1.82) is 0 Å². The predicted octanol–water partition coefficient (Wildman–Crippen LogP) is 4.70. The summed E-state index contributed by atoms with van der Waals surface area (Å²) in [6.07, 6.45) is 0. The van der Waals surface area contributed by atoms with Gasteiger partial charge in [-0.05, 0) is 44.7 Å². The molecule has 0 fully saturated rings. The molecule has 0 amide bonds. The van der Waals surface area contributed by atoms with Gasteiger partial charge >= 0.3 is 5.51 Å². The molecule has 0 spiro atoms. The van der Waals surface area contributed by atoms with Gasteiger partial charge in [0.05, 0.1) is 0 Å². The summed E-state index contributed by atoms with van der Waals surface area (Å²) in [5.74, 6) is 5.74. The van der Waals surface area contributed by atoms with E-state index in [2.05, 4.69) is 11.8 Å². The Labute approximate surface area is 104 Å². The van der Waals surface area contributed by atoms with Gasteiger partial charge in [-0.2, -0.15) is 13.2 Å². The second-order valence-electron chi connectivity index (χ2n) is 4.54. The van der Waals surface area contributed by atoms with Crippen molar-refractivity contribution >= 4 is 11.8 Å². The lowest BCUT2D eigenvalue weighted by atomic mass is 9.97. The van der Waals surface area contributed by atoms with Crippen molar-refractivity contribution in [3.63, 3.8) is 0 Å². The largest absolute Gasteiger partial charge is 0.446 e. The summed E-state index contributed by atoms with van der Waals surface area (Å²) in [6.45, 7) is 5.75. The highest BCUT2D eigenvalue weighted by Crippen LogP contribution is 2.38.